The van der Waals surface area contributed by atoms with E-state index in [1.807, 2.05) is 18.2 Å². The number of phenolic OH excluding ortho intramolecular Hbond substituents is 2. The Morgan fingerprint density at radius 1 is 0.733 bits per heavy atom. The summed E-state index contributed by atoms with van der Waals surface area (Å²) in [6.45, 7) is 0. The standard InChI is InChI=1S/C12H10O3/c13-9-6-10(14)8-12(7-9)15-11-4-2-1-3-5-11/h1-8,13-14H. The molecule has 2 rings (SSSR count). The summed E-state index contributed by atoms with van der Waals surface area (Å²) in [7, 11) is 0. The third kappa shape index (κ3) is 2.40. The van der Waals surface area contributed by atoms with Gasteiger partial charge in [0.05, 0.1) is 0 Å². The first-order valence-electron chi connectivity index (χ1n) is 4.50. The van der Waals surface area contributed by atoms with Crippen molar-refractivity contribution in [3.63, 3.8) is 0 Å². The highest BCUT2D eigenvalue weighted by molar-refractivity contribution is 5.42. The van der Waals surface area contributed by atoms with Crippen molar-refractivity contribution >= 4 is 0 Å². The van der Waals surface area contributed by atoms with E-state index in [9.17, 15) is 10.2 Å². The molecule has 3 nitrogen and oxygen atoms in total. The molecule has 0 unspecified atom stereocenters. The van der Waals surface area contributed by atoms with Crippen molar-refractivity contribution in [1.82, 2.24) is 0 Å². The maximum Gasteiger partial charge on any atom is 0.134 e. The Bertz CT molecular complexity index is 431. The lowest BCUT2D eigenvalue weighted by molar-refractivity contribution is 0.432. The summed E-state index contributed by atoms with van der Waals surface area (Å²) in [5.41, 5.74) is 0. The van der Waals surface area contributed by atoms with E-state index in [0.29, 0.717) is 11.5 Å². The first-order valence-corrected chi connectivity index (χ1v) is 4.50. The summed E-state index contributed by atoms with van der Waals surface area (Å²) in [5.74, 6) is 1.00. The van der Waals surface area contributed by atoms with Crippen molar-refractivity contribution in [2.45, 2.75) is 0 Å². The molecule has 0 bridgehead atoms. The average Bonchev–Trinajstić information content (AvgIpc) is 2.17. The second-order valence-corrected chi connectivity index (χ2v) is 3.10. The second kappa shape index (κ2) is 3.92. The van der Waals surface area contributed by atoms with Gasteiger partial charge in [0.15, 0.2) is 0 Å². The Balaban J connectivity index is 2.25. The zero-order chi connectivity index (χ0) is 10.7. The van der Waals surface area contributed by atoms with Crippen LogP contribution in [0, 0.1) is 0 Å². The molecular weight excluding hydrogens is 192 g/mol. The lowest BCUT2D eigenvalue weighted by atomic mass is 10.3. The van der Waals surface area contributed by atoms with Gasteiger partial charge in [0.2, 0.25) is 0 Å². The first-order chi connectivity index (χ1) is 7.24. The molecule has 0 aromatic heterocycles. The average molecular weight is 202 g/mol. The molecule has 2 aromatic rings. The molecule has 0 radical (unpaired) electrons. The van der Waals surface area contributed by atoms with Crippen LogP contribution in [0.4, 0.5) is 0 Å². The van der Waals surface area contributed by atoms with E-state index in [1.165, 1.54) is 18.2 Å². The van der Waals surface area contributed by atoms with Gasteiger partial charge in [-0.15, -0.1) is 0 Å². The van der Waals surface area contributed by atoms with E-state index in [1.54, 1.807) is 12.1 Å². The number of aromatic hydroxyl groups is 2. The molecule has 0 heterocycles. The SMILES string of the molecule is Oc1cc(O)cc(Oc2ccccc2)c1. The summed E-state index contributed by atoms with van der Waals surface area (Å²) in [5, 5.41) is 18.5. The second-order valence-electron chi connectivity index (χ2n) is 3.10. The van der Waals surface area contributed by atoms with Crippen molar-refractivity contribution in [1.29, 1.82) is 0 Å². The van der Waals surface area contributed by atoms with Gasteiger partial charge in [-0.2, -0.15) is 0 Å². The van der Waals surface area contributed by atoms with E-state index in [2.05, 4.69) is 0 Å². The van der Waals surface area contributed by atoms with Crippen LogP contribution < -0.4 is 4.74 Å². The zero-order valence-corrected chi connectivity index (χ0v) is 7.92. The van der Waals surface area contributed by atoms with E-state index in [-0.39, 0.29) is 11.5 Å². The Morgan fingerprint density at radius 3 is 1.93 bits per heavy atom. The van der Waals surface area contributed by atoms with Crippen LogP contribution in [0.2, 0.25) is 0 Å². The Kier molecular flexibility index (Phi) is 2.46. The van der Waals surface area contributed by atoms with Gasteiger partial charge in [0.1, 0.15) is 23.0 Å². The fourth-order valence-electron chi connectivity index (χ4n) is 1.25. The highest BCUT2D eigenvalue weighted by Crippen LogP contribution is 2.29. The summed E-state index contributed by atoms with van der Waals surface area (Å²) >= 11 is 0. The maximum absolute atomic E-state index is 9.23. The highest BCUT2D eigenvalue weighted by atomic mass is 16.5. The summed E-state index contributed by atoms with van der Waals surface area (Å²) in [4.78, 5) is 0. The van der Waals surface area contributed by atoms with Crippen LogP contribution in [0.1, 0.15) is 0 Å². The minimum Gasteiger partial charge on any atom is -0.508 e. The van der Waals surface area contributed by atoms with Gasteiger partial charge in [-0.3, -0.25) is 0 Å². The molecule has 0 atom stereocenters. The van der Waals surface area contributed by atoms with Crippen LogP contribution in [0.15, 0.2) is 48.5 Å². The molecule has 0 aliphatic rings. The van der Waals surface area contributed by atoms with Crippen molar-refractivity contribution in [2.75, 3.05) is 0 Å². The molecule has 0 saturated carbocycles. The van der Waals surface area contributed by atoms with E-state index in [0.717, 1.165) is 0 Å². The number of ether oxygens (including phenoxy) is 1. The number of phenols is 2. The predicted octanol–water partition coefficient (Wildman–Crippen LogP) is 2.89. The third-order valence-electron chi connectivity index (χ3n) is 1.85. The van der Waals surface area contributed by atoms with Crippen LogP contribution in [-0.2, 0) is 0 Å². The molecule has 2 N–H and O–H groups in total. The molecule has 0 saturated heterocycles. The van der Waals surface area contributed by atoms with Gasteiger partial charge in [0, 0.05) is 18.2 Å². The lowest BCUT2D eigenvalue weighted by Gasteiger charge is -2.06. The van der Waals surface area contributed by atoms with Crippen molar-refractivity contribution in [3.8, 4) is 23.0 Å². The monoisotopic (exact) mass is 202 g/mol. The molecule has 0 spiro atoms. The van der Waals surface area contributed by atoms with E-state index < -0.39 is 0 Å². The molecule has 0 aliphatic heterocycles. The fourth-order valence-corrected chi connectivity index (χ4v) is 1.25. The molecule has 76 valence electrons. The number of benzene rings is 2. The molecule has 15 heavy (non-hydrogen) atoms. The number of hydrogen-bond donors (Lipinski definition) is 2. The molecule has 0 fully saturated rings. The van der Waals surface area contributed by atoms with E-state index >= 15 is 0 Å². The maximum atomic E-state index is 9.23. The summed E-state index contributed by atoms with van der Waals surface area (Å²) in [6, 6.07) is 13.3. The minimum atomic E-state index is -0.0269. The van der Waals surface area contributed by atoms with Gasteiger partial charge in [-0.25, -0.2) is 0 Å². The van der Waals surface area contributed by atoms with E-state index in [4.69, 9.17) is 4.74 Å². The topological polar surface area (TPSA) is 49.7 Å². The van der Waals surface area contributed by atoms with Gasteiger partial charge in [0.25, 0.3) is 0 Å². The summed E-state index contributed by atoms with van der Waals surface area (Å²) in [6.07, 6.45) is 0. The Morgan fingerprint density at radius 2 is 1.33 bits per heavy atom. The fraction of sp³-hybridized carbons (Fsp3) is 0. The van der Waals surface area contributed by atoms with Crippen molar-refractivity contribution in [2.24, 2.45) is 0 Å². The van der Waals surface area contributed by atoms with Crippen LogP contribution >= 0.6 is 0 Å². The summed E-state index contributed by atoms with van der Waals surface area (Å²) < 4.78 is 5.42. The Hall–Kier alpha value is -2.16. The number of para-hydroxylation sites is 1. The lowest BCUT2D eigenvalue weighted by Crippen LogP contribution is -1.82. The normalized spacial score (nSPS) is 9.87. The molecule has 3 heteroatoms. The van der Waals surface area contributed by atoms with Crippen LogP contribution in [0.5, 0.6) is 23.0 Å². The van der Waals surface area contributed by atoms with Crippen LogP contribution in [-0.4, -0.2) is 10.2 Å². The van der Waals surface area contributed by atoms with Gasteiger partial charge in [-0.05, 0) is 12.1 Å². The first kappa shape index (κ1) is 9.40. The predicted molar refractivity (Wildman–Crippen MR) is 56.3 cm³/mol. The molecule has 0 aliphatic carbocycles. The molecule has 0 amide bonds. The van der Waals surface area contributed by atoms with Gasteiger partial charge in [-0.1, -0.05) is 18.2 Å². The number of rotatable bonds is 2. The zero-order valence-electron chi connectivity index (χ0n) is 7.92. The quantitative estimate of drug-likeness (QED) is 0.787. The Labute approximate surface area is 87.2 Å². The highest BCUT2D eigenvalue weighted by Gasteiger charge is 2.00. The molecular formula is C12H10O3. The van der Waals surface area contributed by atoms with Crippen LogP contribution in [0.3, 0.4) is 0 Å². The largest absolute Gasteiger partial charge is 0.508 e. The van der Waals surface area contributed by atoms with Crippen molar-refractivity contribution < 1.29 is 14.9 Å². The van der Waals surface area contributed by atoms with Crippen LogP contribution in [0.25, 0.3) is 0 Å². The minimum absolute atomic E-state index is 0.0269. The van der Waals surface area contributed by atoms with Crippen molar-refractivity contribution in [3.05, 3.63) is 48.5 Å². The third-order valence-corrected chi connectivity index (χ3v) is 1.85. The van der Waals surface area contributed by atoms with Gasteiger partial charge >= 0.3 is 0 Å². The smallest absolute Gasteiger partial charge is 0.134 e. The molecule has 2 aromatic carbocycles. The van der Waals surface area contributed by atoms with Gasteiger partial charge < -0.3 is 14.9 Å². The number of hydrogen-bond acceptors (Lipinski definition) is 3.